The number of carbonyl (C=O) groups is 2. The van der Waals surface area contributed by atoms with Gasteiger partial charge in [-0.2, -0.15) is 13.2 Å². The van der Waals surface area contributed by atoms with Crippen LogP contribution in [0.5, 0.6) is 0 Å². The zero-order valence-corrected chi connectivity index (χ0v) is 16.1. The summed E-state index contributed by atoms with van der Waals surface area (Å²) in [5.74, 6) is -0.428. The van der Waals surface area contributed by atoms with Crippen LogP contribution in [0.25, 0.3) is 6.08 Å². The second-order valence-corrected chi connectivity index (χ2v) is 7.06. The van der Waals surface area contributed by atoms with Gasteiger partial charge in [-0.1, -0.05) is 24.3 Å². The number of nitrogens with zero attached hydrogens (tertiary/aromatic N) is 1. The molecule has 148 valence electrons. The lowest BCUT2D eigenvalue weighted by molar-refractivity contribution is -0.125. The van der Waals surface area contributed by atoms with Crippen LogP contribution in [0.2, 0.25) is 0 Å². The van der Waals surface area contributed by atoms with E-state index in [1.165, 1.54) is 35.2 Å². The Morgan fingerprint density at radius 3 is 2.21 bits per heavy atom. The molecule has 0 heterocycles. The highest BCUT2D eigenvalue weighted by Gasteiger charge is 2.28. The number of halogens is 3. The molecule has 0 fully saturated rings. The summed E-state index contributed by atoms with van der Waals surface area (Å²) in [4.78, 5) is 25.3. The van der Waals surface area contributed by atoms with Gasteiger partial charge in [-0.15, -0.1) is 0 Å². The standard InChI is InChI=1S/C20H19F3N2O2S/c1-24-19(27)16-8-3-15(4-9-16)13-25(2)18(26)12-7-14-5-10-17(11-6-14)28-20(21,22)23/h3-12H,13H2,1-2H3,(H,24,27)/b12-7+. The average Bonchev–Trinajstić information content (AvgIpc) is 2.66. The van der Waals surface area contributed by atoms with E-state index in [0.717, 1.165) is 5.56 Å². The van der Waals surface area contributed by atoms with Gasteiger partial charge < -0.3 is 10.2 Å². The summed E-state index contributed by atoms with van der Waals surface area (Å²) in [6.45, 7) is 0.359. The first kappa shape index (κ1) is 21.6. The molecule has 4 nitrogen and oxygen atoms in total. The van der Waals surface area contributed by atoms with Crippen LogP contribution in [0, 0.1) is 0 Å². The van der Waals surface area contributed by atoms with Gasteiger partial charge >= 0.3 is 5.51 Å². The fourth-order valence-corrected chi connectivity index (χ4v) is 2.87. The van der Waals surface area contributed by atoms with Crippen molar-refractivity contribution in [3.05, 3.63) is 71.3 Å². The fourth-order valence-electron chi connectivity index (χ4n) is 2.33. The first-order valence-electron chi connectivity index (χ1n) is 8.28. The third-order valence-corrected chi connectivity index (χ3v) is 4.51. The topological polar surface area (TPSA) is 49.4 Å². The summed E-state index contributed by atoms with van der Waals surface area (Å²) in [5.41, 5.74) is -2.30. The van der Waals surface area contributed by atoms with Crippen LogP contribution in [0.15, 0.2) is 59.5 Å². The number of hydrogen-bond acceptors (Lipinski definition) is 3. The first-order chi connectivity index (χ1) is 13.2. The molecule has 0 unspecified atom stereocenters. The minimum Gasteiger partial charge on any atom is -0.355 e. The van der Waals surface area contributed by atoms with Gasteiger partial charge in [0.15, 0.2) is 0 Å². The zero-order chi connectivity index (χ0) is 20.7. The summed E-state index contributed by atoms with van der Waals surface area (Å²) in [6.07, 6.45) is 2.92. The van der Waals surface area contributed by atoms with Crippen molar-refractivity contribution in [3.63, 3.8) is 0 Å². The predicted molar refractivity (Wildman–Crippen MR) is 104 cm³/mol. The molecule has 0 saturated carbocycles. The monoisotopic (exact) mass is 408 g/mol. The molecule has 0 aromatic heterocycles. The molecule has 0 spiro atoms. The highest BCUT2D eigenvalue weighted by Crippen LogP contribution is 2.36. The maximum atomic E-state index is 12.3. The molecular weight excluding hydrogens is 389 g/mol. The Kier molecular flexibility index (Phi) is 7.28. The van der Waals surface area contributed by atoms with Crippen molar-refractivity contribution in [1.29, 1.82) is 0 Å². The smallest absolute Gasteiger partial charge is 0.355 e. The molecule has 2 aromatic rings. The summed E-state index contributed by atoms with van der Waals surface area (Å²) >= 11 is -0.180. The van der Waals surface area contributed by atoms with Crippen molar-refractivity contribution in [1.82, 2.24) is 10.2 Å². The molecule has 2 amide bonds. The number of amides is 2. The summed E-state index contributed by atoms with van der Waals surface area (Å²) in [5, 5.41) is 2.54. The van der Waals surface area contributed by atoms with Crippen LogP contribution in [-0.2, 0) is 11.3 Å². The lowest BCUT2D eigenvalue weighted by Crippen LogP contribution is -2.24. The van der Waals surface area contributed by atoms with E-state index in [0.29, 0.717) is 17.7 Å². The molecular formula is C20H19F3N2O2S. The highest BCUT2D eigenvalue weighted by molar-refractivity contribution is 8.00. The molecule has 0 atom stereocenters. The molecule has 0 radical (unpaired) electrons. The minimum absolute atomic E-state index is 0.0910. The summed E-state index contributed by atoms with van der Waals surface area (Å²) < 4.78 is 37.0. The maximum absolute atomic E-state index is 12.3. The van der Waals surface area contributed by atoms with E-state index in [4.69, 9.17) is 0 Å². The normalized spacial score (nSPS) is 11.5. The Hall–Kier alpha value is -2.74. The van der Waals surface area contributed by atoms with E-state index in [2.05, 4.69) is 5.32 Å². The lowest BCUT2D eigenvalue weighted by atomic mass is 10.1. The third kappa shape index (κ3) is 6.77. The number of nitrogens with one attached hydrogen (secondary N) is 1. The van der Waals surface area contributed by atoms with Crippen molar-refractivity contribution in [3.8, 4) is 0 Å². The Morgan fingerprint density at radius 1 is 1.07 bits per heavy atom. The average molecular weight is 408 g/mol. The number of rotatable bonds is 6. The molecule has 28 heavy (non-hydrogen) atoms. The quantitative estimate of drug-likeness (QED) is 0.572. The lowest BCUT2D eigenvalue weighted by Gasteiger charge is -2.15. The van der Waals surface area contributed by atoms with E-state index < -0.39 is 5.51 Å². The largest absolute Gasteiger partial charge is 0.446 e. The van der Waals surface area contributed by atoms with Crippen molar-refractivity contribution >= 4 is 29.7 Å². The molecule has 2 rings (SSSR count). The van der Waals surface area contributed by atoms with Crippen LogP contribution in [0.4, 0.5) is 13.2 Å². The van der Waals surface area contributed by atoms with Crippen LogP contribution >= 0.6 is 11.8 Å². The Morgan fingerprint density at radius 2 is 1.68 bits per heavy atom. The second kappa shape index (κ2) is 9.45. The van der Waals surface area contributed by atoms with Gasteiger partial charge in [-0.05, 0) is 53.2 Å². The van der Waals surface area contributed by atoms with Crippen LogP contribution in [-0.4, -0.2) is 36.3 Å². The second-order valence-electron chi connectivity index (χ2n) is 5.92. The fraction of sp³-hybridized carbons (Fsp3) is 0.200. The van der Waals surface area contributed by atoms with E-state index in [1.807, 2.05) is 0 Å². The number of likely N-dealkylation sites (N-methyl/N-ethyl adjacent to an activating group) is 1. The molecule has 8 heteroatoms. The van der Waals surface area contributed by atoms with E-state index in [1.54, 1.807) is 44.4 Å². The third-order valence-electron chi connectivity index (χ3n) is 3.77. The molecule has 0 aliphatic heterocycles. The van der Waals surface area contributed by atoms with E-state index in [-0.39, 0.29) is 28.5 Å². The van der Waals surface area contributed by atoms with Crippen molar-refractivity contribution in [2.75, 3.05) is 14.1 Å². The highest BCUT2D eigenvalue weighted by atomic mass is 32.2. The molecule has 2 aromatic carbocycles. The number of thioether (sulfide) groups is 1. The SMILES string of the molecule is CNC(=O)c1ccc(CN(C)C(=O)/C=C/c2ccc(SC(F)(F)F)cc2)cc1. The van der Waals surface area contributed by atoms with Crippen molar-refractivity contribution < 1.29 is 22.8 Å². The van der Waals surface area contributed by atoms with E-state index in [9.17, 15) is 22.8 Å². The number of benzene rings is 2. The van der Waals surface area contributed by atoms with Gasteiger partial charge in [-0.25, -0.2) is 0 Å². The predicted octanol–water partition coefficient (Wildman–Crippen LogP) is 4.33. The first-order valence-corrected chi connectivity index (χ1v) is 9.09. The Labute approximate surface area is 165 Å². The molecule has 0 bridgehead atoms. The van der Waals surface area contributed by atoms with Gasteiger partial charge in [0.1, 0.15) is 0 Å². The molecule has 0 aliphatic carbocycles. The summed E-state index contributed by atoms with van der Waals surface area (Å²) in [7, 11) is 3.19. The van der Waals surface area contributed by atoms with Crippen LogP contribution in [0.3, 0.4) is 0 Å². The van der Waals surface area contributed by atoms with E-state index >= 15 is 0 Å². The van der Waals surface area contributed by atoms with Crippen molar-refractivity contribution in [2.24, 2.45) is 0 Å². The van der Waals surface area contributed by atoms with Crippen LogP contribution < -0.4 is 5.32 Å². The summed E-state index contributed by atoms with van der Waals surface area (Å²) in [6, 6.07) is 12.7. The van der Waals surface area contributed by atoms with Gasteiger partial charge in [0, 0.05) is 37.2 Å². The maximum Gasteiger partial charge on any atom is 0.446 e. The Balaban J connectivity index is 1.93. The van der Waals surface area contributed by atoms with Crippen molar-refractivity contribution in [2.45, 2.75) is 16.9 Å². The van der Waals surface area contributed by atoms with Gasteiger partial charge in [0.05, 0.1) is 0 Å². The molecule has 0 aliphatic rings. The zero-order valence-electron chi connectivity index (χ0n) is 15.3. The Bertz CT molecular complexity index is 847. The van der Waals surface area contributed by atoms with Gasteiger partial charge in [0.25, 0.3) is 5.91 Å². The van der Waals surface area contributed by atoms with Crippen LogP contribution in [0.1, 0.15) is 21.5 Å². The molecule has 0 saturated heterocycles. The molecule has 1 N–H and O–H groups in total. The number of hydrogen-bond donors (Lipinski definition) is 1. The van der Waals surface area contributed by atoms with Gasteiger partial charge in [-0.3, -0.25) is 9.59 Å². The number of carbonyl (C=O) groups excluding carboxylic acids is 2. The number of alkyl halides is 3. The minimum atomic E-state index is -4.32. The van der Waals surface area contributed by atoms with Gasteiger partial charge in [0.2, 0.25) is 5.91 Å².